The van der Waals surface area contributed by atoms with Crippen LogP contribution in [0, 0.1) is 0 Å². The molecule has 3 nitrogen and oxygen atoms in total. The fourth-order valence-electron chi connectivity index (χ4n) is 2.81. The zero-order valence-electron chi connectivity index (χ0n) is 13.0. The normalized spacial score (nSPS) is 23.6. The number of rotatable bonds is 8. The Morgan fingerprint density at radius 1 is 1.21 bits per heavy atom. The maximum absolute atomic E-state index is 12.4. The largest absolute Gasteiger partial charge is 0.462 e. The summed E-state index contributed by atoms with van der Waals surface area (Å²) in [4.78, 5) is 12.4. The summed E-state index contributed by atoms with van der Waals surface area (Å²) in [6.45, 7) is 7.03. The van der Waals surface area contributed by atoms with Crippen LogP contribution in [0.4, 0.5) is 0 Å². The second-order valence-electron chi connectivity index (χ2n) is 6.08. The molecular weight excluding hydrogens is 238 g/mol. The van der Waals surface area contributed by atoms with Crippen LogP contribution >= 0.6 is 0 Å². The van der Waals surface area contributed by atoms with Gasteiger partial charge in [0.15, 0.2) is 0 Å². The number of ether oxygens (including phenoxy) is 1. The van der Waals surface area contributed by atoms with Crippen LogP contribution < -0.4 is 5.32 Å². The standard InChI is InChI=1S/C16H31NO2/c1-4-5-6-7-8-11-16(12-9-10-13-17-16)15(18)19-14(2)3/h14,17H,4-13H2,1-3H3/t16-/m0/s1. The number of carbonyl (C=O) groups is 1. The molecule has 0 bridgehead atoms. The Kier molecular flexibility index (Phi) is 7.44. The number of esters is 1. The van der Waals surface area contributed by atoms with E-state index < -0.39 is 5.54 Å². The monoisotopic (exact) mass is 269 g/mol. The Balaban J connectivity index is 2.47. The second-order valence-corrected chi connectivity index (χ2v) is 6.08. The molecular formula is C16H31NO2. The summed E-state index contributed by atoms with van der Waals surface area (Å²) in [7, 11) is 0. The van der Waals surface area contributed by atoms with Gasteiger partial charge >= 0.3 is 5.97 Å². The van der Waals surface area contributed by atoms with Gasteiger partial charge < -0.3 is 10.1 Å². The highest BCUT2D eigenvalue weighted by Crippen LogP contribution is 2.27. The molecule has 0 aromatic carbocycles. The number of unbranched alkanes of at least 4 members (excludes halogenated alkanes) is 4. The van der Waals surface area contributed by atoms with E-state index in [-0.39, 0.29) is 12.1 Å². The third-order valence-corrected chi connectivity index (χ3v) is 3.93. The van der Waals surface area contributed by atoms with Crippen molar-refractivity contribution in [3.63, 3.8) is 0 Å². The number of hydrogen-bond donors (Lipinski definition) is 1. The van der Waals surface area contributed by atoms with E-state index in [4.69, 9.17) is 4.74 Å². The van der Waals surface area contributed by atoms with Gasteiger partial charge in [0, 0.05) is 0 Å². The van der Waals surface area contributed by atoms with Crippen LogP contribution in [0.3, 0.4) is 0 Å². The Labute approximate surface area is 118 Å². The zero-order valence-corrected chi connectivity index (χ0v) is 13.0. The van der Waals surface area contributed by atoms with E-state index in [2.05, 4.69) is 12.2 Å². The van der Waals surface area contributed by atoms with Gasteiger partial charge in [-0.2, -0.15) is 0 Å². The van der Waals surface area contributed by atoms with Gasteiger partial charge in [0.05, 0.1) is 6.10 Å². The molecule has 0 aliphatic carbocycles. The van der Waals surface area contributed by atoms with Crippen LogP contribution in [-0.2, 0) is 9.53 Å². The number of hydrogen-bond acceptors (Lipinski definition) is 3. The number of carbonyl (C=O) groups excluding carboxylic acids is 1. The van der Waals surface area contributed by atoms with Crippen LogP contribution in [0.1, 0.15) is 78.6 Å². The van der Waals surface area contributed by atoms with Crippen molar-refractivity contribution >= 4 is 5.97 Å². The molecule has 0 saturated carbocycles. The maximum Gasteiger partial charge on any atom is 0.326 e. The van der Waals surface area contributed by atoms with Gasteiger partial charge in [-0.3, -0.25) is 4.79 Å². The van der Waals surface area contributed by atoms with E-state index in [0.29, 0.717) is 0 Å². The first-order chi connectivity index (χ1) is 9.10. The van der Waals surface area contributed by atoms with Gasteiger partial charge in [-0.15, -0.1) is 0 Å². The van der Waals surface area contributed by atoms with E-state index in [1.807, 2.05) is 13.8 Å². The molecule has 1 atom stereocenters. The zero-order chi connectivity index (χ0) is 14.1. The van der Waals surface area contributed by atoms with Crippen LogP contribution in [0.25, 0.3) is 0 Å². The Morgan fingerprint density at radius 2 is 1.95 bits per heavy atom. The first kappa shape index (κ1) is 16.5. The number of piperidine rings is 1. The van der Waals surface area contributed by atoms with Crippen molar-refractivity contribution in [1.82, 2.24) is 5.32 Å². The summed E-state index contributed by atoms with van der Waals surface area (Å²) in [6.07, 6.45) is 10.4. The third kappa shape index (κ3) is 5.52. The molecule has 0 amide bonds. The minimum Gasteiger partial charge on any atom is -0.462 e. The fourth-order valence-corrected chi connectivity index (χ4v) is 2.81. The Morgan fingerprint density at radius 3 is 2.53 bits per heavy atom. The summed E-state index contributed by atoms with van der Waals surface area (Å²) < 4.78 is 5.47. The van der Waals surface area contributed by atoms with Crippen LogP contribution in [-0.4, -0.2) is 24.2 Å². The van der Waals surface area contributed by atoms with Crippen LogP contribution in [0.5, 0.6) is 0 Å². The van der Waals surface area contributed by atoms with Gasteiger partial charge in [-0.1, -0.05) is 39.0 Å². The van der Waals surface area contributed by atoms with Crippen molar-refractivity contribution in [2.75, 3.05) is 6.54 Å². The summed E-state index contributed by atoms with van der Waals surface area (Å²) in [5, 5.41) is 3.45. The fraction of sp³-hybridized carbons (Fsp3) is 0.938. The quantitative estimate of drug-likeness (QED) is 0.538. The van der Waals surface area contributed by atoms with Crippen LogP contribution in [0.15, 0.2) is 0 Å². The minimum atomic E-state index is -0.394. The Hall–Kier alpha value is -0.570. The molecule has 0 unspecified atom stereocenters. The molecule has 0 spiro atoms. The average molecular weight is 269 g/mol. The molecule has 1 rings (SSSR count). The predicted octanol–water partition coefficient (Wildman–Crippen LogP) is 3.81. The first-order valence-electron chi connectivity index (χ1n) is 8.07. The van der Waals surface area contributed by atoms with Crippen molar-refractivity contribution in [2.24, 2.45) is 0 Å². The van der Waals surface area contributed by atoms with E-state index in [1.165, 1.54) is 32.1 Å². The van der Waals surface area contributed by atoms with E-state index in [9.17, 15) is 4.79 Å². The van der Waals surface area contributed by atoms with Gasteiger partial charge in [0.1, 0.15) is 5.54 Å². The maximum atomic E-state index is 12.4. The molecule has 0 aromatic heterocycles. The summed E-state index contributed by atoms with van der Waals surface area (Å²) in [6, 6.07) is 0. The van der Waals surface area contributed by atoms with Crippen molar-refractivity contribution < 1.29 is 9.53 Å². The molecule has 3 heteroatoms. The smallest absolute Gasteiger partial charge is 0.326 e. The van der Waals surface area contributed by atoms with Crippen molar-refractivity contribution in [3.8, 4) is 0 Å². The van der Waals surface area contributed by atoms with Gasteiger partial charge in [0.2, 0.25) is 0 Å². The lowest BCUT2D eigenvalue weighted by atomic mass is 9.84. The third-order valence-electron chi connectivity index (χ3n) is 3.93. The minimum absolute atomic E-state index is 0.0202. The molecule has 0 radical (unpaired) electrons. The molecule has 1 fully saturated rings. The van der Waals surface area contributed by atoms with Crippen molar-refractivity contribution in [3.05, 3.63) is 0 Å². The second kappa shape index (κ2) is 8.57. The summed E-state index contributed by atoms with van der Waals surface area (Å²) in [5.74, 6) is -0.0299. The summed E-state index contributed by atoms with van der Waals surface area (Å²) >= 11 is 0. The molecule has 1 N–H and O–H groups in total. The topological polar surface area (TPSA) is 38.3 Å². The Bertz CT molecular complexity index is 257. The van der Waals surface area contributed by atoms with Crippen molar-refractivity contribution in [2.45, 2.75) is 90.2 Å². The lowest BCUT2D eigenvalue weighted by Gasteiger charge is -2.36. The molecule has 1 aliphatic heterocycles. The number of nitrogens with one attached hydrogen (secondary N) is 1. The van der Waals surface area contributed by atoms with E-state index >= 15 is 0 Å². The van der Waals surface area contributed by atoms with Crippen molar-refractivity contribution in [1.29, 1.82) is 0 Å². The first-order valence-corrected chi connectivity index (χ1v) is 8.07. The molecule has 0 aromatic rings. The molecule has 112 valence electrons. The highest BCUT2D eigenvalue weighted by Gasteiger charge is 2.40. The lowest BCUT2D eigenvalue weighted by Crippen LogP contribution is -2.55. The lowest BCUT2D eigenvalue weighted by molar-refractivity contribution is -0.157. The van der Waals surface area contributed by atoms with Gasteiger partial charge in [0.25, 0.3) is 0 Å². The average Bonchev–Trinajstić information content (AvgIpc) is 2.39. The van der Waals surface area contributed by atoms with E-state index in [0.717, 1.165) is 32.2 Å². The SMILES string of the molecule is CCCCCCC[C@@]1(C(=O)OC(C)C)CCCCN1. The van der Waals surface area contributed by atoms with Gasteiger partial charge in [-0.25, -0.2) is 0 Å². The molecule has 19 heavy (non-hydrogen) atoms. The molecule has 1 saturated heterocycles. The van der Waals surface area contributed by atoms with Crippen LogP contribution in [0.2, 0.25) is 0 Å². The molecule has 1 aliphatic rings. The molecule has 1 heterocycles. The highest BCUT2D eigenvalue weighted by molar-refractivity contribution is 5.81. The highest BCUT2D eigenvalue weighted by atomic mass is 16.5. The summed E-state index contributed by atoms with van der Waals surface area (Å²) in [5.41, 5.74) is -0.394. The van der Waals surface area contributed by atoms with Gasteiger partial charge in [-0.05, 0) is 46.1 Å². The predicted molar refractivity (Wildman–Crippen MR) is 79.2 cm³/mol. The van der Waals surface area contributed by atoms with E-state index in [1.54, 1.807) is 0 Å².